The van der Waals surface area contributed by atoms with Gasteiger partial charge in [-0.05, 0) is 42.7 Å². The van der Waals surface area contributed by atoms with Gasteiger partial charge in [-0.3, -0.25) is 0 Å². The second kappa shape index (κ2) is 8.53. The number of rotatable bonds is 7. The van der Waals surface area contributed by atoms with Crippen LogP contribution in [0.2, 0.25) is 0 Å². The lowest BCUT2D eigenvalue weighted by molar-refractivity contribution is 0.340. The molecule has 29 heavy (non-hydrogen) atoms. The van der Waals surface area contributed by atoms with Gasteiger partial charge in [0.05, 0.1) is 12.2 Å². The average Bonchev–Trinajstić information content (AvgIpc) is 3.21. The Labute approximate surface area is 171 Å². The quantitative estimate of drug-likeness (QED) is 0.311. The summed E-state index contributed by atoms with van der Waals surface area (Å²) in [6.45, 7) is 4.54. The van der Waals surface area contributed by atoms with Crippen LogP contribution in [0.1, 0.15) is 25.0 Å². The smallest absolute Gasteiger partial charge is 0.336 e. The molecule has 2 heterocycles. The monoisotopic (exact) mass is 408 g/mol. The topological polar surface area (TPSA) is 78.4 Å². The lowest BCUT2D eigenvalue weighted by atomic mass is 10.1. The van der Waals surface area contributed by atoms with Crippen LogP contribution in [0.15, 0.2) is 67.4 Å². The maximum absolute atomic E-state index is 12.0. The standard InChI is InChI=1S/C22H20N2O4S/c1-3-14-9-10-16-15(12-20(25)27-19(16)11-14)13-29-22-24-23-21(28-22)17-7-5-6-8-18(17)26-4-2/h5-12H,3-4,13H2,1-2H3. The number of para-hydroxylation sites is 1. The molecule has 0 bridgehead atoms. The molecule has 2 aromatic heterocycles. The normalized spacial score (nSPS) is 11.1. The molecule has 2 aromatic carbocycles. The molecule has 0 radical (unpaired) electrons. The van der Waals surface area contributed by atoms with Crippen molar-refractivity contribution in [3.63, 3.8) is 0 Å². The van der Waals surface area contributed by atoms with E-state index in [4.69, 9.17) is 13.6 Å². The fourth-order valence-electron chi connectivity index (χ4n) is 3.05. The number of ether oxygens (including phenoxy) is 1. The zero-order valence-corrected chi connectivity index (χ0v) is 17.0. The van der Waals surface area contributed by atoms with Crippen molar-refractivity contribution in [2.45, 2.75) is 31.2 Å². The lowest BCUT2D eigenvalue weighted by Crippen LogP contribution is -2.00. The molecule has 0 saturated heterocycles. The summed E-state index contributed by atoms with van der Waals surface area (Å²) in [7, 11) is 0. The first-order chi connectivity index (χ1) is 14.2. The van der Waals surface area contributed by atoms with Crippen molar-refractivity contribution >= 4 is 22.7 Å². The molecule has 7 heteroatoms. The van der Waals surface area contributed by atoms with Gasteiger partial charge in [0.1, 0.15) is 11.3 Å². The first-order valence-corrected chi connectivity index (χ1v) is 10.4. The van der Waals surface area contributed by atoms with Crippen molar-refractivity contribution in [2.75, 3.05) is 6.61 Å². The predicted molar refractivity (Wildman–Crippen MR) is 112 cm³/mol. The Balaban J connectivity index is 1.57. The average molecular weight is 408 g/mol. The van der Waals surface area contributed by atoms with Gasteiger partial charge in [-0.15, -0.1) is 10.2 Å². The van der Waals surface area contributed by atoms with Gasteiger partial charge >= 0.3 is 5.63 Å². The Hall–Kier alpha value is -3.06. The SMILES string of the molecule is CCOc1ccccc1-c1nnc(SCc2cc(=O)oc3cc(CC)ccc23)o1. The van der Waals surface area contributed by atoms with E-state index in [0.717, 1.165) is 28.5 Å². The van der Waals surface area contributed by atoms with E-state index in [1.807, 2.05) is 49.4 Å². The fourth-order valence-corrected chi connectivity index (χ4v) is 3.81. The first kappa shape index (κ1) is 19.3. The summed E-state index contributed by atoms with van der Waals surface area (Å²) in [6, 6.07) is 15.0. The van der Waals surface area contributed by atoms with E-state index in [1.165, 1.54) is 17.8 Å². The molecule has 0 aliphatic carbocycles. The van der Waals surface area contributed by atoms with E-state index in [1.54, 1.807) is 0 Å². The zero-order chi connectivity index (χ0) is 20.2. The second-order valence-electron chi connectivity index (χ2n) is 6.37. The van der Waals surface area contributed by atoms with E-state index in [0.29, 0.717) is 34.8 Å². The molecule has 0 spiro atoms. The molecule has 0 amide bonds. The number of aromatic nitrogens is 2. The summed E-state index contributed by atoms with van der Waals surface area (Å²) in [5, 5.41) is 9.62. The number of hydrogen-bond acceptors (Lipinski definition) is 7. The van der Waals surface area contributed by atoms with Gasteiger partial charge in [-0.2, -0.15) is 0 Å². The number of thioether (sulfide) groups is 1. The van der Waals surface area contributed by atoms with Gasteiger partial charge in [-0.1, -0.05) is 43.0 Å². The van der Waals surface area contributed by atoms with E-state index in [-0.39, 0.29) is 5.63 Å². The largest absolute Gasteiger partial charge is 0.493 e. The minimum absolute atomic E-state index is 0.363. The third kappa shape index (κ3) is 4.19. The highest BCUT2D eigenvalue weighted by atomic mass is 32.2. The van der Waals surface area contributed by atoms with Crippen LogP contribution in [0.3, 0.4) is 0 Å². The maximum atomic E-state index is 12.0. The van der Waals surface area contributed by atoms with Crippen LogP contribution >= 0.6 is 11.8 Å². The molecule has 0 aliphatic heterocycles. The highest BCUT2D eigenvalue weighted by Crippen LogP contribution is 2.32. The van der Waals surface area contributed by atoms with E-state index >= 15 is 0 Å². The maximum Gasteiger partial charge on any atom is 0.336 e. The van der Waals surface area contributed by atoms with Gasteiger partial charge in [0.2, 0.25) is 0 Å². The van der Waals surface area contributed by atoms with Crippen LogP contribution in [-0.4, -0.2) is 16.8 Å². The number of hydrogen-bond donors (Lipinski definition) is 0. The Morgan fingerprint density at radius 2 is 1.90 bits per heavy atom. The van der Waals surface area contributed by atoms with Gasteiger partial charge in [0.15, 0.2) is 0 Å². The predicted octanol–water partition coefficient (Wildman–Crippen LogP) is 5.10. The minimum Gasteiger partial charge on any atom is -0.493 e. The molecule has 0 atom stereocenters. The molecule has 0 aliphatic rings. The minimum atomic E-state index is -0.363. The second-order valence-corrected chi connectivity index (χ2v) is 7.29. The van der Waals surface area contributed by atoms with Crippen LogP contribution in [0, 0.1) is 0 Å². The Kier molecular flexibility index (Phi) is 5.67. The van der Waals surface area contributed by atoms with Crippen molar-refractivity contribution in [1.29, 1.82) is 0 Å². The van der Waals surface area contributed by atoms with Gasteiger partial charge in [0, 0.05) is 17.2 Å². The van der Waals surface area contributed by atoms with Crippen LogP contribution in [0.4, 0.5) is 0 Å². The first-order valence-electron chi connectivity index (χ1n) is 9.42. The van der Waals surface area contributed by atoms with Crippen molar-refractivity contribution in [3.8, 4) is 17.2 Å². The molecule has 0 unspecified atom stereocenters. The highest BCUT2D eigenvalue weighted by molar-refractivity contribution is 7.98. The summed E-state index contributed by atoms with van der Waals surface area (Å²) in [5.74, 6) is 1.62. The molecule has 0 fully saturated rings. The summed E-state index contributed by atoms with van der Waals surface area (Å²) >= 11 is 1.38. The third-order valence-electron chi connectivity index (χ3n) is 4.48. The van der Waals surface area contributed by atoms with Crippen molar-refractivity contribution < 1.29 is 13.6 Å². The van der Waals surface area contributed by atoms with Gasteiger partial charge in [-0.25, -0.2) is 4.79 Å². The molecule has 148 valence electrons. The molecule has 0 saturated carbocycles. The molecular weight excluding hydrogens is 388 g/mol. The van der Waals surface area contributed by atoms with Crippen LogP contribution in [0.25, 0.3) is 22.4 Å². The highest BCUT2D eigenvalue weighted by Gasteiger charge is 2.15. The Morgan fingerprint density at radius 3 is 2.72 bits per heavy atom. The van der Waals surface area contributed by atoms with Gasteiger partial charge in [0.25, 0.3) is 11.1 Å². The molecule has 4 rings (SSSR count). The number of benzene rings is 2. The molecular formula is C22H20N2O4S. The van der Waals surface area contributed by atoms with Crippen LogP contribution < -0.4 is 10.4 Å². The van der Waals surface area contributed by atoms with Crippen molar-refractivity contribution in [2.24, 2.45) is 0 Å². The zero-order valence-electron chi connectivity index (χ0n) is 16.2. The van der Waals surface area contributed by atoms with Crippen LogP contribution in [0.5, 0.6) is 5.75 Å². The third-order valence-corrected chi connectivity index (χ3v) is 5.35. The molecule has 0 N–H and O–H groups in total. The molecule has 4 aromatic rings. The summed E-state index contributed by atoms with van der Waals surface area (Å²) < 4.78 is 16.8. The van der Waals surface area contributed by atoms with Gasteiger partial charge < -0.3 is 13.6 Å². The summed E-state index contributed by atoms with van der Waals surface area (Å²) in [6.07, 6.45) is 0.882. The Bertz CT molecular complexity index is 1200. The Morgan fingerprint density at radius 1 is 1.03 bits per heavy atom. The molecule has 6 nitrogen and oxygen atoms in total. The number of nitrogens with zero attached hydrogens (tertiary/aromatic N) is 2. The van der Waals surface area contributed by atoms with Crippen molar-refractivity contribution in [3.05, 3.63) is 70.1 Å². The summed E-state index contributed by atoms with van der Waals surface area (Å²) in [4.78, 5) is 12.0. The van der Waals surface area contributed by atoms with Crippen LogP contribution in [-0.2, 0) is 12.2 Å². The van der Waals surface area contributed by atoms with E-state index in [9.17, 15) is 4.79 Å². The summed E-state index contributed by atoms with van der Waals surface area (Å²) in [5.41, 5.74) is 2.99. The lowest BCUT2D eigenvalue weighted by Gasteiger charge is -2.06. The van der Waals surface area contributed by atoms with E-state index in [2.05, 4.69) is 17.1 Å². The van der Waals surface area contributed by atoms with Crippen molar-refractivity contribution in [1.82, 2.24) is 10.2 Å². The fraction of sp³-hybridized carbons (Fsp3) is 0.227. The van der Waals surface area contributed by atoms with E-state index < -0.39 is 0 Å². The number of aryl methyl sites for hydroxylation is 1. The number of fused-ring (bicyclic) bond motifs is 1.